The summed E-state index contributed by atoms with van der Waals surface area (Å²) in [5.74, 6) is 0.143. The van der Waals surface area contributed by atoms with Crippen molar-refractivity contribution >= 4 is 5.91 Å². The summed E-state index contributed by atoms with van der Waals surface area (Å²) in [5, 5.41) is 3.05. The monoisotopic (exact) mass is 414 g/mol. The van der Waals surface area contributed by atoms with Gasteiger partial charge in [-0.3, -0.25) is 4.79 Å². The van der Waals surface area contributed by atoms with Gasteiger partial charge in [-0.1, -0.05) is 78.9 Å². The zero-order valence-corrected chi connectivity index (χ0v) is 18.8. The van der Waals surface area contributed by atoms with Crippen LogP contribution in [0.1, 0.15) is 40.7 Å². The fourth-order valence-corrected chi connectivity index (χ4v) is 3.75. The summed E-state index contributed by atoms with van der Waals surface area (Å²) in [6.07, 6.45) is 3.36. The molecule has 3 nitrogen and oxygen atoms in total. The summed E-state index contributed by atoms with van der Waals surface area (Å²) in [6.45, 7) is 4.60. The number of carbonyl (C=O) groups excluding carboxylic acids is 1. The first kappa shape index (κ1) is 22.8. The van der Waals surface area contributed by atoms with Crippen molar-refractivity contribution in [2.75, 3.05) is 20.1 Å². The van der Waals surface area contributed by atoms with Crippen LogP contribution in [-0.4, -0.2) is 30.9 Å². The molecule has 31 heavy (non-hydrogen) atoms. The van der Waals surface area contributed by atoms with E-state index in [1.54, 1.807) is 0 Å². The van der Waals surface area contributed by atoms with Crippen molar-refractivity contribution in [1.82, 2.24) is 10.2 Å². The fraction of sp³-hybridized carbons (Fsp3) is 0.321. The Bertz CT molecular complexity index is 935. The Morgan fingerprint density at radius 1 is 0.839 bits per heavy atom. The van der Waals surface area contributed by atoms with E-state index in [9.17, 15) is 4.79 Å². The molecule has 162 valence electrons. The number of nitrogens with one attached hydrogen (secondary N) is 1. The second kappa shape index (κ2) is 12.1. The van der Waals surface area contributed by atoms with Crippen LogP contribution in [-0.2, 0) is 24.2 Å². The highest BCUT2D eigenvalue weighted by Crippen LogP contribution is 2.15. The molecule has 0 saturated heterocycles. The number of benzene rings is 3. The van der Waals surface area contributed by atoms with Gasteiger partial charge in [-0.05, 0) is 61.1 Å². The normalized spacial score (nSPS) is 10.9. The lowest BCUT2D eigenvalue weighted by Crippen LogP contribution is -2.32. The maximum absolute atomic E-state index is 12.1. The minimum absolute atomic E-state index is 0.143. The zero-order valence-electron chi connectivity index (χ0n) is 18.8. The smallest absolute Gasteiger partial charge is 0.220 e. The van der Waals surface area contributed by atoms with Crippen molar-refractivity contribution in [3.63, 3.8) is 0 Å². The van der Waals surface area contributed by atoms with Crippen LogP contribution >= 0.6 is 0 Å². The highest BCUT2D eigenvalue weighted by atomic mass is 16.1. The molecule has 0 aliphatic rings. The molecule has 0 unspecified atom stereocenters. The van der Waals surface area contributed by atoms with Gasteiger partial charge >= 0.3 is 0 Å². The first-order chi connectivity index (χ1) is 15.1. The number of hydrogen-bond acceptors (Lipinski definition) is 2. The number of nitrogens with zero attached hydrogens (tertiary/aromatic N) is 1. The first-order valence-electron chi connectivity index (χ1n) is 11.2. The number of carbonyl (C=O) groups is 1. The molecule has 0 spiro atoms. The molecule has 0 aliphatic carbocycles. The van der Waals surface area contributed by atoms with Crippen LogP contribution in [0.3, 0.4) is 0 Å². The van der Waals surface area contributed by atoms with Gasteiger partial charge in [-0.2, -0.15) is 0 Å². The Morgan fingerprint density at radius 3 is 2.26 bits per heavy atom. The van der Waals surface area contributed by atoms with Crippen LogP contribution in [0.15, 0.2) is 78.9 Å². The van der Waals surface area contributed by atoms with Crippen LogP contribution in [0.4, 0.5) is 0 Å². The van der Waals surface area contributed by atoms with Crippen LogP contribution in [0, 0.1) is 6.92 Å². The largest absolute Gasteiger partial charge is 0.355 e. The molecule has 0 bridgehead atoms. The van der Waals surface area contributed by atoms with Crippen LogP contribution in [0.5, 0.6) is 0 Å². The van der Waals surface area contributed by atoms with E-state index in [1.165, 1.54) is 27.8 Å². The Balaban J connectivity index is 1.31. The van der Waals surface area contributed by atoms with Gasteiger partial charge in [0, 0.05) is 26.1 Å². The lowest BCUT2D eigenvalue weighted by atomic mass is 9.99. The zero-order chi connectivity index (χ0) is 21.9. The number of hydrogen-bond donors (Lipinski definition) is 1. The van der Waals surface area contributed by atoms with Gasteiger partial charge in [0.2, 0.25) is 5.91 Å². The van der Waals surface area contributed by atoms with E-state index >= 15 is 0 Å². The van der Waals surface area contributed by atoms with E-state index in [4.69, 9.17) is 0 Å². The molecule has 0 radical (unpaired) electrons. The van der Waals surface area contributed by atoms with Crippen LogP contribution in [0.25, 0.3) is 0 Å². The number of amides is 1. The molecule has 0 aromatic heterocycles. The summed E-state index contributed by atoms with van der Waals surface area (Å²) in [4.78, 5) is 14.4. The topological polar surface area (TPSA) is 32.3 Å². The summed E-state index contributed by atoms with van der Waals surface area (Å²) >= 11 is 0. The summed E-state index contributed by atoms with van der Waals surface area (Å²) in [5.41, 5.74) is 6.63. The molecule has 0 atom stereocenters. The molecule has 0 aliphatic heterocycles. The van der Waals surface area contributed by atoms with E-state index < -0.39 is 0 Å². The van der Waals surface area contributed by atoms with Crippen molar-refractivity contribution in [1.29, 1.82) is 0 Å². The maximum Gasteiger partial charge on any atom is 0.220 e. The molecular weight excluding hydrogens is 380 g/mol. The number of aryl methyl sites for hydroxylation is 2. The lowest BCUT2D eigenvalue weighted by Gasteiger charge is -2.17. The summed E-state index contributed by atoms with van der Waals surface area (Å²) in [7, 11) is 2.09. The van der Waals surface area contributed by atoms with Crippen LogP contribution < -0.4 is 5.32 Å². The Labute approximate surface area is 187 Å². The molecule has 3 aromatic carbocycles. The van der Waals surface area contributed by atoms with Gasteiger partial charge in [0.05, 0.1) is 0 Å². The molecular formula is C28H34N2O. The molecule has 0 heterocycles. The highest BCUT2D eigenvalue weighted by molar-refractivity contribution is 5.75. The van der Waals surface area contributed by atoms with Gasteiger partial charge in [-0.15, -0.1) is 0 Å². The second-order valence-electron chi connectivity index (χ2n) is 8.35. The molecule has 3 rings (SSSR count). The molecule has 0 saturated carbocycles. The van der Waals surface area contributed by atoms with Gasteiger partial charge < -0.3 is 10.2 Å². The lowest BCUT2D eigenvalue weighted by molar-refractivity contribution is -0.121. The van der Waals surface area contributed by atoms with Gasteiger partial charge in [0.25, 0.3) is 0 Å². The fourth-order valence-electron chi connectivity index (χ4n) is 3.75. The van der Waals surface area contributed by atoms with Gasteiger partial charge in [-0.25, -0.2) is 0 Å². The van der Waals surface area contributed by atoms with Crippen molar-refractivity contribution in [3.8, 4) is 0 Å². The van der Waals surface area contributed by atoms with E-state index in [0.29, 0.717) is 13.0 Å². The van der Waals surface area contributed by atoms with Crippen molar-refractivity contribution in [2.45, 2.75) is 39.2 Å². The van der Waals surface area contributed by atoms with E-state index in [0.717, 1.165) is 32.4 Å². The van der Waals surface area contributed by atoms with Crippen LogP contribution in [0.2, 0.25) is 0 Å². The highest BCUT2D eigenvalue weighted by Gasteiger charge is 2.05. The third kappa shape index (κ3) is 8.03. The third-order valence-electron chi connectivity index (χ3n) is 5.66. The number of likely N-dealkylation sites (N-methyl/N-ethyl adjacent to an activating group) is 1. The minimum Gasteiger partial charge on any atom is -0.355 e. The Morgan fingerprint density at radius 2 is 1.52 bits per heavy atom. The molecule has 3 heteroatoms. The molecule has 3 aromatic rings. The quantitative estimate of drug-likeness (QED) is 0.470. The predicted octanol–water partition coefficient (Wildman–Crippen LogP) is 5.16. The minimum atomic E-state index is 0.143. The van der Waals surface area contributed by atoms with E-state index in [1.807, 2.05) is 6.07 Å². The van der Waals surface area contributed by atoms with Crippen molar-refractivity contribution < 1.29 is 4.79 Å². The van der Waals surface area contributed by atoms with Gasteiger partial charge in [0.1, 0.15) is 0 Å². The second-order valence-corrected chi connectivity index (χ2v) is 8.35. The maximum atomic E-state index is 12.1. The van der Waals surface area contributed by atoms with Crippen molar-refractivity contribution in [3.05, 3.63) is 107 Å². The Hall–Kier alpha value is -2.91. The van der Waals surface area contributed by atoms with Gasteiger partial charge in [0.15, 0.2) is 0 Å². The average Bonchev–Trinajstić information content (AvgIpc) is 2.77. The summed E-state index contributed by atoms with van der Waals surface area (Å²) in [6, 6.07) is 27.8. The number of rotatable bonds is 11. The standard InChI is InChI=1S/C28H34N2O/c1-23-9-6-7-13-27(23)21-25-17-15-24(16-18-25)12-8-14-28(31)29-19-20-30(2)22-26-10-4-3-5-11-26/h3-7,9-11,13,15-18H,8,12,14,19-22H2,1-2H3,(H,29,31). The Kier molecular flexibility index (Phi) is 8.86. The molecule has 1 amide bonds. The predicted molar refractivity (Wildman–Crippen MR) is 129 cm³/mol. The third-order valence-corrected chi connectivity index (χ3v) is 5.66. The van der Waals surface area contributed by atoms with E-state index in [-0.39, 0.29) is 5.91 Å². The molecule has 1 N–H and O–H groups in total. The van der Waals surface area contributed by atoms with Crippen molar-refractivity contribution in [2.24, 2.45) is 0 Å². The average molecular weight is 415 g/mol. The SMILES string of the molecule is Cc1ccccc1Cc1ccc(CCCC(=O)NCCN(C)Cc2ccccc2)cc1. The van der Waals surface area contributed by atoms with E-state index in [2.05, 4.69) is 97.0 Å². The molecule has 0 fully saturated rings. The first-order valence-corrected chi connectivity index (χ1v) is 11.2. The summed E-state index contributed by atoms with van der Waals surface area (Å²) < 4.78 is 0.